The van der Waals surface area contributed by atoms with E-state index < -0.39 is 44.2 Å². The Morgan fingerprint density at radius 3 is 1.90 bits per heavy atom. The number of hydrogen-bond acceptors (Lipinski definition) is 4. The number of carbonyl (C=O) groups excluding carboxylic acids is 2. The highest BCUT2D eigenvalue weighted by Crippen LogP contribution is 2.53. The van der Waals surface area contributed by atoms with Crippen molar-refractivity contribution in [3.05, 3.63) is 20.1 Å². The lowest BCUT2D eigenvalue weighted by atomic mass is 9.70. The number of carbonyl (C=O) groups is 3. The number of carboxylic acid groups (broad SMARTS) is 1. The average Bonchev–Trinajstić information content (AvgIpc) is 2.59. The van der Waals surface area contributed by atoms with Crippen molar-refractivity contribution in [2.75, 3.05) is 7.05 Å². The second-order valence-electron chi connectivity index (χ2n) is 9.00. The fraction of sp³-hybridized carbons (Fsp3) is 0.632. The van der Waals surface area contributed by atoms with Crippen molar-refractivity contribution in [3.8, 4) is 0 Å². The summed E-state index contributed by atoms with van der Waals surface area (Å²) in [5.74, 6) is -5.69. The van der Waals surface area contributed by atoms with Crippen LogP contribution in [0.3, 0.4) is 0 Å². The van der Waals surface area contributed by atoms with Crippen LogP contribution in [-0.4, -0.2) is 52.0 Å². The van der Waals surface area contributed by atoms with E-state index in [2.05, 4.69) is 10.2 Å². The van der Waals surface area contributed by atoms with Crippen molar-refractivity contribution in [1.29, 1.82) is 0 Å². The molecular formula is C19H25Cl4N3O4. The molecular weight excluding hydrogens is 476 g/mol. The number of piperidine rings is 1. The van der Waals surface area contributed by atoms with Crippen LogP contribution in [0.4, 0.5) is 0 Å². The zero-order valence-electron chi connectivity index (χ0n) is 17.3. The summed E-state index contributed by atoms with van der Waals surface area (Å²) in [6.45, 7) is 8.17. The molecule has 0 spiro atoms. The van der Waals surface area contributed by atoms with Gasteiger partial charge in [-0.25, -0.2) is 0 Å². The number of rotatable bonds is 4. The van der Waals surface area contributed by atoms with Gasteiger partial charge in [-0.3, -0.25) is 19.3 Å². The van der Waals surface area contributed by atoms with Gasteiger partial charge in [-0.05, 0) is 47.6 Å². The Labute approximate surface area is 195 Å². The monoisotopic (exact) mass is 499 g/mol. The Kier molecular flexibility index (Phi) is 6.88. The first kappa shape index (κ1) is 25.3. The van der Waals surface area contributed by atoms with Crippen LogP contribution in [0, 0.1) is 11.3 Å². The summed E-state index contributed by atoms with van der Waals surface area (Å²) in [6.07, 6.45) is 1.17. The highest BCUT2D eigenvalue weighted by Gasteiger charge is 2.62. The van der Waals surface area contributed by atoms with E-state index in [1.165, 1.54) is 0 Å². The molecule has 30 heavy (non-hydrogen) atoms. The molecule has 0 saturated carbocycles. The summed E-state index contributed by atoms with van der Waals surface area (Å²) in [7, 11) is 2.01. The number of nitrogens with zero attached hydrogens (tertiary/aromatic N) is 1. The van der Waals surface area contributed by atoms with E-state index in [1.54, 1.807) is 0 Å². The number of amides is 2. The number of aliphatic carboxylic acids is 1. The molecule has 1 saturated heterocycles. The molecule has 2 rings (SSSR count). The van der Waals surface area contributed by atoms with Crippen molar-refractivity contribution in [2.24, 2.45) is 17.1 Å². The summed E-state index contributed by atoms with van der Waals surface area (Å²) in [6, 6.07) is -0.318. The molecule has 1 fully saturated rings. The van der Waals surface area contributed by atoms with Crippen molar-refractivity contribution in [3.63, 3.8) is 0 Å². The Morgan fingerprint density at radius 1 is 1.03 bits per heavy atom. The predicted octanol–water partition coefficient (Wildman–Crippen LogP) is 3.32. The van der Waals surface area contributed by atoms with E-state index in [1.807, 2.05) is 34.7 Å². The zero-order chi connectivity index (χ0) is 23.4. The molecule has 2 aliphatic rings. The standard InChI is InChI=1S/C19H25Cl4N3O4/c1-17(2)6-8(7-18(3,4)26(17)5)25-14(27)9-10(20)11(21)12(22)13(23)19(9,15(24)28)16(29)30/h8-9H,6-7H2,1-5H3,(H2,24,28)(H,25,27)(H,29,30). The number of carboxylic acids is 1. The van der Waals surface area contributed by atoms with Gasteiger partial charge in [0.1, 0.15) is 5.92 Å². The van der Waals surface area contributed by atoms with E-state index >= 15 is 0 Å². The second kappa shape index (κ2) is 8.17. The molecule has 1 aliphatic heterocycles. The largest absolute Gasteiger partial charge is 0.480 e. The summed E-state index contributed by atoms with van der Waals surface area (Å²) in [5.41, 5.74) is 2.25. The number of likely N-dealkylation sites (tertiary alicyclic amines) is 1. The topological polar surface area (TPSA) is 113 Å². The zero-order valence-corrected chi connectivity index (χ0v) is 20.3. The minimum Gasteiger partial charge on any atom is -0.480 e. The lowest BCUT2D eigenvalue weighted by Gasteiger charge is -2.54. The molecule has 2 unspecified atom stereocenters. The molecule has 168 valence electrons. The smallest absolute Gasteiger partial charge is 0.326 e. The van der Waals surface area contributed by atoms with Gasteiger partial charge in [0, 0.05) is 17.1 Å². The molecule has 2 amide bonds. The van der Waals surface area contributed by atoms with Crippen LogP contribution in [0.5, 0.6) is 0 Å². The van der Waals surface area contributed by atoms with Crippen LogP contribution in [0.15, 0.2) is 20.1 Å². The van der Waals surface area contributed by atoms with Crippen molar-refractivity contribution >= 4 is 64.2 Å². The third-order valence-corrected chi connectivity index (χ3v) is 8.23. The SMILES string of the molecule is CN1C(C)(C)CC(NC(=O)C2C(Cl)=C(Cl)C(Cl)=C(Cl)C2(C(N)=O)C(=O)O)CC1(C)C. The molecule has 0 aromatic carbocycles. The fourth-order valence-corrected chi connectivity index (χ4v) is 5.75. The molecule has 0 bridgehead atoms. The van der Waals surface area contributed by atoms with E-state index in [-0.39, 0.29) is 22.2 Å². The van der Waals surface area contributed by atoms with E-state index in [0.29, 0.717) is 12.8 Å². The Hall–Kier alpha value is -0.990. The normalized spacial score (nSPS) is 29.7. The van der Waals surface area contributed by atoms with Crippen LogP contribution in [0.2, 0.25) is 0 Å². The van der Waals surface area contributed by atoms with E-state index in [9.17, 15) is 19.5 Å². The molecule has 0 radical (unpaired) electrons. The van der Waals surface area contributed by atoms with Gasteiger partial charge in [0.05, 0.1) is 20.1 Å². The van der Waals surface area contributed by atoms with E-state index in [0.717, 1.165) is 0 Å². The highest BCUT2D eigenvalue weighted by molar-refractivity contribution is 6.53. The van der Waals surface area contributed by atoms with Gasteiger partial charge in [0.25, 0.3) is 0 Å². The predicted molar refractivity (Wildman–Crippen MR) is 117 cm³/mol. The number of nitrogens with two attached hydrogens (primary N) is 1. The third kappa shape index (κ3) is 3.84. The Bertz CT molecular complexity index is 834. The van der Waals surface area contributed by atoms with Crippen LogP contribution in [-0.2, 0) is 14.4 Å². The number of nitrogens with one attached hydrogen (secondary N) is 1. The summed E-state index contributed by atoms with van der Waals surface area (Å²) < 4.78 is 0. The number of allylic oxidation sites excluding steroid dienone is 2. The van der Waals surface area contributed by atoms with Gasteiger partial charge < -0.3 is 16.2 Å². The van der Waals surface area contributed by atoms with E-state index in [4.69, 9.17) is 52.1 Å². The van der Waals surface area contributed by atoms with Crippen LogP contribution >= 0.6 is 46.4 Å². The van der Waals surface area contributed by atoms with Gasteiger partial charge in [0.2, 0.25) is 11.8 Å². The van der Waals surface area contributed by atoms with Gasteiger partial charge in [-0.2, -0.15) is 0 Å². The maximum absolute atomic E-state index is 13.3. The second-order valence-corrected chi connectivity index (χ2v) is 10.5. The lowest BCUT2D eigenvalue weighted by Crippen LogP contribution is -2.64. The van der Waals surface area contributed by atoms with Crippen LogP contribution in [0.25, 0.3) is 0 Å². The fourth-order valence-electron chi connectivity index (χ4n) is 4.46. The number of halogens is 4. The summed E-state index contributed by atoms with van der Waals surface area (Å²) >= 11 is 24.5. The molecule has 4 N–H and O–H groups in total. The molecule has 0 aromatic heterocycles. The third-order valence-electron chi connectivity index (χ3n) is 6.27. The molecule has 11 heteroatoms. The van der Waals surface area contributed by atoms with Crippen LogP contribution < -0.4 is 11.1 Å². The molecule has 1 aliphatic carbocycles. The molecule has 7 nitrogen and oxygen atoms in total. The number of primary amides is 1. The van der Waals surface area contributed by atoms with Crippen molar-refractivity contribution in [2.45, 2.75) is 57.7 Å². The Morgan fingerprint density at radius 2 is 1.50 bits per heavy atom. The maximum atomic E-state index is 13.3. The van der Waals surface area contributed by atoms with Gasteiger partial charge in [-0.1, -0.05) is 46.4 Å². The number of hydrogen-bond donors (Lipinski definition) is 3. The van der Waals surface area contributed by atoms with Gasteiger partial charge in [-0.15, -0.1) is 0 Å². The van der Waals surface area contributed by atoms with Crippen molar-refractivity contribution < 1.29 is 19.5 Å². The Balaban J connectivity index is 2.51. The first-order chi connectivity index (χ1) is 13.5. The summed E-state index contributed by atoms with van der Waals surface area (Å²) in [5, 5.41) is 10.9. The minimum absolute atomic E-state index is 0.252. The van der Waals surface area contributed by atoms with Crippen molar-refractivity contribution in [1.82, 2.24) is 10.2 Å². The summed E-state index contributed by atoms with van der Waals surface area (Å²) in [4.78, 5) is 40.1. The van der Waals surface area contributed by atoms with Gasteiger partial charge >= 0.3 is 5.97 Å². The quantitative estimate of drug-likeness (QED) is 0.512. The average molecular weight is 501 g/mol. The highest BCUT2D eigenvalue weighted by atomic mass is 35.5. The lowest BCUT2D eigenvalue weighted by molar-refractivity contribution is -0.157. The molecule has 0 aromatic rings. The maximum Gasteiger partial charge on any atom is 0.326 e. The van der Waals surface area contributed by atoms with Crippen LogP contribution in [0.1, 0.15) is 40.5 Å². The molecule has 1 heterocycles. The van der Waals surface area contributed by atoms with Gasteiger partial charge in [0.15, 0.2) is 5.41 Å². The minimum atomic E-state index is -2.67. The first-order valence-electron chi connectivity index (χ1n) is 9.20. The molecule has 2 atom stereocenters. The first-order valence-corrected chi connectivity index (χ1v) is 10.7.